The van der Waals surface area contributed by atoms with Crippen molar-refractivity contribution in [2.45, 2.75) is 32.6 Å². The molecule has 0 atom stereocenters. The summed E-state index contributed by atoms with van der Waals surface area (Å²) >= 11 is 6.24. The minimum atomic E-state index is -0.107. The van der Waals surface area contributed by atoms with E-state index in [4.69, 9.17) is 16.3 Å². The van der Waals surface area contributed by atoms with Crippen LogP contribution in [0.1, 0.15) is 31.7 Å². The maximum Gasteiger partial charge on any atom is 0.361 e. The number of benzene rings is 1. The largest absolute Gasteiger partial charge is 1.00 e. The molecular formula is C19H27Cl2NO2. The molecule has 3 nitrogen and oxygen atoms in total. The molecule has 24 heavy (non-hydrogen) atoms. The Balaban J connectivity index is 0.00000288. The van der Waals surface area contributed by atoms with Crippen LogP contribution in [-0.4, -0.2) is 43.7 Å². The van der Waals surface area contributed by atoms with Crippen molar-refractivity contribution in [3.8, 4) is 0 Å². The first-order chi connectivity index (χ1) is 11.0. The van der Waals surface area contributed by atoms with Gasteiger partial charge in [0.1, 0.15) is 0 Å². The van der Waals surface area contributed by atoms with E-state index in [1.165, 1.54) is 31.9 Å². The average Bonchev–Trinajstić information content (AvgIpc) is 2.56. The molecule has 0 radical (unpaired) electrons. The molecule has 0 amide bonds. The van der Waals surface area contributed by atoms with Gasteiger partial charge in [0.15, 0.2) is 6.54 Å². The monoisotopic (exact) mass is 371 g/mol. The second-order valence-corrected chi connectivity index (χ2v) is 6.99. The number of hydrogen-bond acceptors (Lipinski definition) is 2. The van der Waals surface area contributed by atoms with Crippen molar-refractivity contribution in [1.82, 2.24) is 0 Å². The van der Waals surface area contributed by atoms with Crippen molar-refractivity contribution >= 4 is 17.6 Å². The quantitative estimate of drug-likeness (QED) is 0.423. The molecule has 2 rings (SSSR count). The lowest BCUT2D eigenvalue weighted by Gasteiger charge is -2.40. The Labute approximate surface area is 156 Å². The summed E-state index contributed by atoms with van der Waals surface area (Å²) in [5, 5.41) is 0.816. The van der Waals surface area contributed by atoms with E-state index in [1.54, 1.807) is 0 Å². The molecule has 1 aliphatic rings. The number of allylic oxidation sites excluding steroid dienone is 1. The maximum absolute atomic E-state index is 11.8. The first-order valence-electron chi connectivity index (χ1n) is 8.36. The van der Waals surface area contributed by atoms with Crippen LogP contribution in [0.4, 0.5) is 0 Å². The smallest absolute Gasteiger partial charge is 0.361 e. The number of quaternary nitrogens is 1. The number of likely N-dealkylation sites (tertiary alicyclic amines) is 1. The van der Waals surface area contributed by atoms with E-state index in [1.807, 2.05) is 18.2 Å². The Kier molecular flexibility index (Phi) is 8.82. The summed E-state index contributed by atoms with van der Waals surface area (Å²) in [6, 6.07) is 7.97. The number of hydrogen-bond donors (Lipinski definition) is 0. The van der Waals surface area contributed by atoms with Crippen molar-refractivity contribution in [2.75, 3.05) is 33.3 Å². The Hall–Kier alpha value is -1.03. The number of methoxy groups -OCH3 is 1. The lowest BCUT2D eigenvalue weighted by Crippen LogP contribution is -3.00. The minimum absolute atomic E-state index is 0. The third-order valence-electron chi connectivity index (χ3n) is 4.71. The first-order valence-corrected chi connectivity index (χ1v) is 8.73. The molecule has 1 heterocycles. The van der Waals surface area contributed by atoms with Crippen LogP contribution >= 0.6 is 11.6 Å². The molecule has 0 aromatic heterocycles. The van der Waals surface area contributed by atoms with Crippen LogP contribution < -0.4 is 12.4 Å². The SMILES string of the molecule is COC(=O)C[N+]1(C/C=C(\C)Cc2ccccc2Cl)CCCCC1.[Cl-]. The highest BCUT2D eigenvalue weighted by Crippen LogP contribution is 2.21. The number of carbonyl (C=O) groups excluding carboxylic acids is 1. The van der Waals surface area contributed by atoms with Gasteiger partial charge in [-0.2, -0.15) is 0 Å². The summed E-state index contributed by atoms with van der Waals surface area (Å²) in [6.45, 7) is 5.63. The molecule has 134 valence electrons. The van der Waals surface area contributed by atoms with Crippen LogP contribution in [0.3, 0.4) is 0 Å². The van der Waals surface area contributed by atoms with Crippen molar-refractivity contribution in [3.05, 3.63) is 46.5 Å². The lowest BCUT2D eigenvalue weighted by atomic mass is 10.0. The van der Waals surface area contributed by atoms with Crippen LogP contribution in [0, 0.1) is 0 Å². The van der Waals surface area contributed by atoms with Gasteiger partial charge in [0.25, 0.3) is 0 Å². The Morgan fingerprint density at radius 1 is 1.25 bits per heavy atom. The van der Waals surface area contributed by atoms with Gasteiger partial charge in [-0.25, -0.2) is 4.79 Å². The highest BCUT2D eigenvalue weighted by molar-refractivity contribution is 6.31. The lowest BCUT2D eigenvalue weighted by molar-refractivity contribution is -0.920. The zero-order valence-electron chi connectivity index (χ0n) is 14.6. The summed E-state index contributed by atoms with van der Waals surface area (Å²) in [4.78, 5) is 11.8. The number of ether oxygens (including phenoxy) is 1. The molecule has 1 saturated heterocycles. The van der Waals surface area contributed by atoms with Crippen molar-refractivity contribution in [1.29, 1.82) is 0 Å². The second-order valence-electron chi connectivity index (χ2n) is 6.58. The van der Waals surface area contributed by atoms with Gasteiger partial charge in [0, 0.05) is 5.02 Å². The normalized spacial score (nSPS) is 17.0. The van der Waals surface area contributed by atoms with Gasteiger partial charge in [0.2, 0.25) is 0 Å². The zero-order valence-corrected chi connectivity index (χ0v) is 16.1. The number of piperidine rings is 1. The average molecular weight is 372 g/mol. The summed E-state index contributed by atoms with van der Waals surface area (Å²) in [5.74, 6) is -0.107. The molecule has 0 N–H and O–H groups in total. The van der Waals surface area contributed by atoms with E-state index in [9.17, 15) is 4.79 Å². The van der Waals surface area contributed by atoms with E-state index < -0.39 is 0 Å². The topological polar surface area (TPSA) is 26.3 Å². The summed E-state index contributed by atoms with van der Waals surface area (Å²) in [6.07, 6.45) is 6.78. The summed E-state index contributed by atoms with van der Waals surface area (Å²) < 4.78 is 5.73. The van der Waals surface area contributed by atoms with E-state index in [0.29, 0.717) is 6.54 Å². The summed E-state index contributed by atoms with van der Waals surface area (Å²) in [7, 11) is 1.47. The van der Waals surface area contributed by atoms with Gasteiger partial charge in [-0.1, -0.05) is 35.4 Å². The fourth-order valence-electron chi connectivity index (χ4n) is 3.29. The van der Waals surface area contributed by atoms with E-state index in [0.717, 1.165) is 41.1 Å². The standard InChI is InChI=1S/C19H27ClNO2.ClH/c1-16(14-17-8-4-5-9-18(17)20)10-13-21(15-19(22)23-2)11-6-3-7-12-21;/h4-5,8-10H,3,6-7,11-15H2,1-2H3;1H/q+1;/p-1/b16-10+;. The molecule has 1 aromatic rings. The van der Waals surface area contributed by atoms with Crippen LogP contribution in [0.2, 0.25) is 5.02 Å². The number of nitrogens with zero attached hydrogens (tertiary/aromatic N) is 1. The number of carbonyl (C=O) groups is 1. The Morgan fingerprint density at radius 3 is 2.54 bits per heavy atom. The molecule has 1 aliphatic heterocycles. The van der Waals surface area contributed by atoms with E-state index >= 15 is 0 Å². The number of rotatable bonds is 6. The van der Waals surface area contributed by atoms with Crippen LogP contribution in [0.25, 0.3) is 0 Å². The van der Waals surface area contributed by atoms with Crippen molar-refractivity contribution in [3.63, 3.8) is 0 Å². The van der Waals surface area contributed by atoms with Crippen LogP contribution in [0.15, 0.2) is 35.9 Å². The molecule has 0 unspecified atom stereocenters. The predicted molar refractivity (Wildman–Crippen MR) is 94.5 cm³/mol. The summed E-state index contributed by atoms with van der Waals surface area (Å²) in [5.41, 5.74) is 2.45. The van der Waals surface area contributed by atoms with Gasteiger partial charge in [-0.15, -0.1) is 0 Å². The first kappa shape index (κ1) is 21.0. The zero-order chi connectivity index (χ0) is 16.7. The number of esters is 1. The third kappa shape index (κ3) is 6.12. The van der Waals surface area contributed by atoms with Gasteiger partial charge in [-0.3, -0.25) is 0 Å². The molecule has 0 aliphatic carbocycles. The van der Waals surface area contributed by atoms with Gasteiger partial charge < -0.3 is 21.6 Å². The van der Waals surface area contributed by atoms with Gasteiger partial charge in [0.05, 0.1) is 26.7 Å². The fraction of sp³-hybridized carbons (Fsp3) is 0.526. The predicted octanol–water partition coefficient (Wildman–Crippen LogP) is 1.01. The van der Waals surface area contributed by atoms with E-state index in [-0.39, 0.29) is 18.4 Å². The third-order valence-corrected chi connectivity index (χ3v) is 5.08. The fourth-order valence-corrected chi connectivity index (χ4v) is 3.49. The Bertz CT molecular complexity index is 566. The number of halogens is 2. The van der Waals surface area contributed by atoms with Crippen molar-refractivity contribution < 1.29 is 26.4 Å². The minimum Gasteiger partial charge on any atom is -1.00 e. The molecular weight excluding hydrogens is 345 g/mol. The second kappa shape index (κ2) is 10.1. The van der Waals surface area contributed by atoms with E-state index in [2.05, 4.69) is 19.1 Å². The van der Waals surface area contributed by atoms with Crippen LogP contribution in [-0.2, 0) is 16.0 Å². The maximum atomic E-state index is 11.8. The highest BCUT2D eigenvalue weighted by atomic mass is 35.5. The Morgan fingerprint density at radius 2 is 1.92 bits per heavy atom. The van der Waals surface area contributed by atoms with Gasteiger partial charge in [-0.05, 0) is 50.3 Å². The van der Waals surface area contributed by atoms with Crippen LogP contribution in [0.5, 0.6) is 0 Å². The van der Waals surface area contributed by atoms with Crippen molar-refractivity contribution in [2.24, 2.45) is 0 Å². The molecule has 0 spiro atoms. The molecule has 1 fully saturated rings. The molecule has 0 saturated carbocycles. The molecule has 1 aromatic carbocycles. The molecule has 5 heteroatoms. The van der Waals surface area contributed by atoms with Gasteiger partial charge >= 0.3 is 5.97 Å². The highest BCUT2D eigenvalue weighted by Gasteiger charge is 2.31. The molecule has 0 bridgehead atoms.